The van der Waals surface area contributed by atoms with E-state index >= 15 is 0 Å². The molecule has 0 bridgehead atoms. The molecule has 0 spiro atoms. The molecule has 2 radical (unpaired) electrons. The van der Waals surface area contributed by atoms with Gasteiger partial charge in [-0.05, 0) is 24.7 Å². The molecule has 1 heterocycles. The van der Waals surface area contributed by atoms with Gasteiger partial charge in [-0.25, -0.2) is 0 Å². The molecule has 1 aromatic heterocycles. The van der Waals surface area contributed by atoms with Gasteiger partial charge in [-0.15, -0.1) is 17.9 Å². The highest BCUT2D eigenvalue weighted by Gasteiger charge is 2.17. The summed E-state index contributed by atoms with van der Waals surface area (Å²) in [4.78, 5) is 12.3. The smallest absolute Gasteiger partial charge is 0.261 e. The van der Waals surface area contributed by atoms with Crippen LogP contribution >= 0.6 is 11.3 Å². The van der Waals surface area contributed by atoms with Gasteiger partial charge in [0.1, 0.15) is 7.85 Å². The van der Waals surface area contributed by atoms with Crippen molar-refractivity contribution in [2.75, 3.05) is 0 Å². The topological polar surface area (TPSA) is 29.1 Å². The van der Waals surface area contributed by atoms with Gasteiger partial charge in [0, 0.05) is 0 Å². The molecule has 0 unspecified atom stereocenters. The Morgan fingerprint density at radius 3 is 2.71 bits per heavy atom. The molecule has 14 heavy (non-hydrogen) atoms. The lowest BCUT2D eigenvalue weighted by molar-refractivity contribution is 0.0932. The van der Waals surface area contributed by atoms with Crippen LogP contribution in [-0.2, 0) is 0 Å². The number of rotatable bonds is 3. The van der Waals surface area contributed by atoms with Crippen molar-refractivity contribution in [1.29, 1.82) is 0 Å². The third kappa shape index (κ3) is 2.74. The van der Waals surface area contributed by atoms with E-state index in [9.17, 15) is 4.79 Å². The number of nitrogens with one attached hydrogen (secondary N) is 1. The number of thiophene rings is 1. The molecule has 1 amide bonds. The fourth-order valence-corrected chi connectivity index (χ4v) is 1.55. The van der Waals surface area contributed by atoms with Crippen LogP contribution in [0.1, 0.15) is 23.5 Å². The van der Waals surface area contributed by atoms with E-state index in [2.05, 4.69) is 11.9 Å². The summed E-state index contributed by atoms with van der Waals surface area (Å²) in [5.74, 6) is -0.114. The van der Waals surface area contributed by atoms with Crippen LogP contribution in [0, 0.1) is 0 Å². The molecule has 0 saturated carbocycles. The van der Waals surface area contributed by atoms with Crippen LogP contribution in [0.4, 0.5) is 0 Å². The molecule has 1 aromatic rings. The van der Waals surface area contributed by atoms with E-state index in [0.717, 1.165) is 0 Å². The summed E-state index contributed by atoms with van der Waals surface area (Å²) >= 11 is 1.28. The van der Waals surface area contributed by atoms with E-state index < -0.39 is 5.54 Å². The van der Waals surface area contributed by atoms with Gasteiger partial charge in [0.25, 0.3) is 5.91 Å². The second-order valence-corrected chi connectivity index (χ2v) is 4.70. The first-order chi connectivity index (χ1) is 6.44. The fourth-order valence-electron chi connectivity index (χ4n) is 0.880. The van der Waals surface area contributed by atoms with Crippen molar-refractivity contribution in [2.45, 2.75) is 19.4 Å². The summed E-state index contributed by atoms with van der Waals surface area (Å²) in [6.07, 6.45) is 1.70. The van der Waals surface area contributed by atoms with E-state index in [1.807, 2.05) is 13.8 Å². The first-order valence-corrected chi connectivity index (χ1v) is 5.08. The molecular weight excluding hydrogens is 193 g/mol. The molecule has 1 N–H and O–H groups in total. The predicted octanol–water partition coefficient (Wildman–Crippen LogP) is 1.24. The van der Waals surface area contributed by atoms with Crippen LogP contribution in [0.5, 0.6) is 0 Å². The van der Waals surface area contributed by atoms with Crippen molar-refractivity contribution in [3.63, 3.8) is 0 Å². The van der Waals surface area contributed by atoms with Crippen molar-refractivity contribution >= 4 is 29.9 Å². The lowest BCUT2D eigenvalue weighted by Gasteiger charge is -2.21. The monoisotopic (exact) mass is 205 g/mol. The SMILES string of the molecule is [B]c1ccc(C(=O)NC(C)(C)C=C)s1. The average molecular weight is 205 g/mol. The zero-order valence-electron chi connectivity index (χ0n) is 8.33. The summed E-state index contributed by atoms with van der Waals surface area (Å²) in [6, 6.07) is 3.44. The maximum Gasteiger partial charge on any atom is 0.261 e. The number of carbonyl (C=O) groups excluding carboxylic acids is 1. The van der Waals surface area contributed by atoms with Crippen LogP contribution in [0.25, 0.3) is 0 Å². The summed E-state index contributed by atoms with van der Waals surface area (Å²) in [5, 5.41) is 2.83. The van der Waals surface area contributed by atoms with Crippen LogP contribution in [0.3, 0.4) is 0 Å². The maximum atomic E-state index is 11.6. The molecule has 0 fully saturated rings. The highest BCUT2D eigenvalue weighted by molar-refractivity contribution is 7.21. The quantitative estimate of drug-likeness (QED) is 0.583. The highest BCUT2D eigenvalue weighted by atomic mass is 32.1. The maximum absolute atomic E-state index is 11.6. The van der Waals surface area contributed by atoms with Gasteiger partial charge in [-0.1, -0.05) is 12.1 Å². The fraction of sp³-hybridized carbons (Fsp3) is 0.300. The van der Waals surface area contributed by atoms with E-state index in [1.54, 1.807) is 18.2 Å². The Hall–Kier alpha value is -1.03. The molecule has 2 nitrogen and oxygen atoms in total. The first kappa shape index (κ1) is 11.1. The van der Waals surface area contributed by atoms with Crippen LogP contribution in [0.2, 0.25) is 0 Å². The Morgan fingerprint density at radius 2 is 2.29 bits per heavy atom. The van der Waals surface area contributed by atoms with Crippen molar-refractivity contribution in [2.24, 2.45) is 0 Å². The Kier molecular flexibility index (Phi) is 3.16. The van der Waals surface area contributed by atoms with E-state index in [0.29, 0.717) is 9.65 Å². The first-order valence-electron chi connectivity index (χ1n) is 4.26. The van der Waals surface area contributed by atoms with Gasteiger partial charge in [0.05, 0.1) is 10.4 Å². The van der Waals surface area contributed by atoms with Gasteiger partial charge in [-0.3, -0.25) is 4.79 Å². The number of amides is 1. The predicted molar refractivity (Wildman–Crippen MR) is 61.4 cm³/mol. The molecule has 0 aliphatic carbocycles. The number of hydrogen-bond acceptors (Lipinski definition) is 2. The van der Waals surface area contributed by atoms with Crippen molar-refractivity contribution in [3.05, 3.63) is 29.7 Å². The van der Waals surface area contributed by atoms with Crippen molar-refractivity contribution in [1.82, 2.24) is 5.32 Å². The molecule has 1 rings (SSSR count). The molecule has 4 heteroatoms. The summed E-state index contributed by atoms with van der Waals surface area (Å²) < 4.78 is 0.645. The third-order valence-corrected chi connectivity index (χ3v) is 2.71. The summed E-state index contributed by atoms with van der Waals surface area (Å²) in [7, 11) is 5.53. The minimum Gasteiger partial charge on any atom is -0.343 e. The largest absolute Gasteiger partial charge is 0.343 e. The summed E-state index contributed by atoms with van der Waals surface area (Å²) in [6.45, 7) is 7.42. The Morgan fingerprint density at radius 1 is 1.64 bits per heavy atom. The molecule has 0 aliphatic heterocycles. The lowest BCUT2D eigenvalue weighted by atomic mass is 10.1. The minimum atomic E-state index is -0.393. The van der Waals surface area contributed by atoms with Gasteiger partial charge in [0.2, 0.25) is 0 Å². The van der Waals surface area contributed by atoms with Crippen LogP contribution in [-0.4, -0.2) is 19.3 Å². The Labute approximate surface area is 89.4 Å². The number of hydrogen-bond donors (Lipinski definition) is 1. The molecule has 0 saturated heterocycles. The molecule has 0 aromatic carbocycles. The van der Waals surface area contributed by atoms with Gasteiger partial charge >= 0.3 is 0 Å². The molecular formula is C10H12BNOS. The van der Waals surface area contributed by atoms with Gasteiger partial charge in [0.15, 0.2) is 0 Å². The normalized spacial score (nSPS) is 11.0. The van der Waals surface area contributed by atoms with E-state index in [-0.39, 0.29) is 5.91 Å². The lowest BCUT2D eigenvalue weighted by Crippen LogP contribution is -2.41. The zero-order chi connectivity index (χ0) is 10.8. The van der Waals surface area contributed by atoms with E-state index in [1.165, 1.54) is 11.3 Å². The minimum absolute atomic E-state index is 0.114. The van der Waals surface area contributed by atoms with Crippen LogP contribution < -0.4 is 10.1 Å². The molecule has 72 valence electrons. The summed E-state index contributed by atoms with van der Waals surface area (Å²) in [5.41, 5.74) is -0.393. The van der Waals surface area contributed by atoms with E-state index in [4.69, 9.17) is 7.85 Å². The van der Waals surface area contributed by atoms with Gasteiger partial charge < -0.3 is 5.32 Å². The second-order valence-electron chi connectivity index (χ2n) is 3.58. The van der Waals surface area contributed by atoms with Crippen LogP contribution in [0.15, 0.2) is 24.8 Å². The standard InChI is InChI=1S/C10H12BNOS/c1-4-10(2,3)12-9(13)7-5-6-8(11)14-7/h4-6H,1H2,2-3H3,(H,12,13). The average Bonchev–Trinajstić information content (AvgIpc) is 2.51. The van der Waals surface area contributed by atoms with Crippen molar-refractivity contribution in [3.8, 4) is 0 Å². The van der Waals surface area contributed by atoms with Crippen molar-refractivity contribution < 1.29 is 4.79 Å². The second kappa shape index (κ2) is 4.01. The Bertz CT molecular complexity index is 357. The Balaban J connectivity index is 2.73. The zero-order valence-corrected chi connectivity index (χ0v) is 9.15. The third-order valence-electron chi connectivity index (χ3n) is 1.80. The molecule has 0 aliphatic rings. The van der Waals surface area contributed by atoms with Gasteiger partial charge in [-0.2, -0.15) is 0 Å². The number of carbonyl (C=O) groups is 1. The molecule has 0 atom stereocenters. The highest BCUT2D eigenvalue weighted by Crippen LogP contribution is 2.09.